The zero-order valence-electron chi connectivity index (χ0n) is 5.24. The van der Waals surface area contributed by atoms with E-state index in [1.807, 2.05) is 0 Å². The summed E-state index contributed by atoms with van der Waals surface area (Å²) in [4.78, 5) is 9.00. The zero-order chi connectivity index (χ0) is 7.86. The van der Waals surface area contributed by atoms with Gasteiger partial charge in [0.1, 0.15) is 0 Å². The van der Waals surface area contributed by atoms with Crippen molar-refractivity contribution in [3.63, 3.8) is 0 Å². The van der Waals surface area contributed by atoms with E-state index < -0.39 is 12.1 Å². The van der Waals surface area contributed by atoms with Crippen molar-refractivity contribution < 1.29 is 15.0 Å². The second-order valence-corrected chi connectivity index (χ2v) is 1.43. The Labute approximate surface area is 53.3 Å². The molecule has 0 aliphatic heterocycles. The molecular weight excluding hydrogens is 124 g/mol. The summed E-state index contributed by atoms with van der Waals surface area (Å²) in [5.74, 6) is 0. The lowest BCUT2D eigenvalue weighted by molar-refractivity contribution is 0.110. The van der Waals surface area contributed by atoms with Crippen LogP contribution in [0.3, 0.4) is 0 Å². The summed E-state index contributed by atoms with van der Waals surface area (Å²) in [6.45, 7) is 1.39. The highest BCUT2D eigenvalue weighted by atomic mass is 16.3. The first-order valence-corrected chi connectivity index (χ1v) is 2.34. The zero-order valence-corrected chi connectivity index (χ0v) is 5.24. The largest absolute Gasteiger partial charge is 0.394 e. The molecule has 0 saturated heterocycles. The van der Waals surface area contributed by atoms with E-state index >= 15 is 0 Å². The van der Waals surface area contributed by atoms with Gasteiger partial charge in [0, 0.05) is 0 Å². The van der Waals surface area contributed by atoms with Crippen LogP contribution in [-0.4, -0.2) is 29.0 Å². The maximum Gasteiger partial charge on any atom is 0.309 e. The highest BCUT2D eigenvalue weighted by molar-refractivity contribution is 5.69. The highest BCUT2D eigenvalue weighted by Gasteiger charge is 1.83. The Morgan fingerprint density at radius 3 is 1.78 bits per heavy atom. The van der Waals surface area contributed by atoms with Gasteiger partial charge in [0.25, 0.3) is 0 Å². The molecule has 5 nitrogen and oxygen atoms in total. The molecule has 56 valence electrons. The van der Waals surface area contributed by atoms with Crippen LogP contribution in [0, 0.1) is 0 Å². The van der Waals surface area contributed by atoms with Gasteiger partial charge in [-0.2, -0.15) is 0 Å². The van der Waals surface area contributed by atoms with E-state index in [9.17, 15) is 0 Å². The Morgan fingerprint density at radius 2 is 1.78 bits per heavy atom. The van der Waals surface area contributed by atoms with Crippen LogP contribution in [-0.2, 0) is 0 Å². The van der Waals surface area contributed by atoms with Gasteiger partial charge < -0.3 is 21.7 Å². The second kappa shape index (κ2) is 7.19. The summed E-state index contributed by atoms with van der Waals surface area (Å²) in [5, 5.41) is 16.0. The molecule has 0 aliphatic rings. The molecule has 2 amide bonds. The van der Waals surface area contributed by atoms with Gasteiger partial charge in [0.15, 0.2) is 0 Å². The fourth-order valence-electron chi connectivity index (χ4n) is 0. The second-order valence-electron chi connectivity index (χ2n) is 1.43. The van der Waals surface area contributed by atoms with Crippen LogP contribution in [0.4, 0.5) is 4.79 Å². The predicted molar refractivity (Wildman–Crippen MR) is 32.5 cm³/mol. The van der Waals surface area contributed by atoms with E-state index in [4.69, 9.17) is 15.0 Å². The first-order valence-electron chi connectivity index (χ1n) is 2.34. The summed E-state index contributed by atoms with van der Waals surface area (Å²) in [6.07, 6.45) is -0.560. The van der Waals surface area contributed by atoms with Crippen molar-refractivity contribution in [1.82, 2.24) is 0 Å². The number of carbonyl (C=O) groups is 1. The lowest BCUT2D eigenvalue weighted by atomic mass is 10.5. The summed E-state index contributed by atoms with van der Waals surface area (Å²) in [6, 6.07) is -0.833. The standard InChI is InChI=1S/C3H8O2.CH4N2O/c1-3(5)2-4;2-1(3)4/h3-5H,2H2,1H3;(H4,2,3,4). The molecule has 0 saturated carbocycles. The molecule has 0 aromatic carbocycles. The number of urea groups is 1. The minimum absolute atomic E-state index is 0.139. The first kappa shape index (κ1) is 11.0. The van der Waals surface area contributed by atoms with Gasteiger partial charge in [-0.25, -0.2) is 4.79 Å². The number of rotatable bonds is 1. The lowest BCUT2D eigenvalue weighted by Gasteiger charge is -1.90. The van der Waals surface area contributed by atoms with Gasteiger partial charge in [-0.1, -0.05) is 0 Å². The molecular formula is C4H12N2O3. The Bertz CT molecular complexity index is 70.2. The molecule has 6 N–H and O–H groups in total. The average molecular weight is 136 g/mol. The Kier molecular flexibility index (Phi) is 8.83. The molecule has 0 aromatic heterocycles. The van der Waals surface area contributed by atoms with Crippen molar-refractivity contribution in [2.75, 3.05) is 6.61 Å². The van der Waals surface area contributed by atoms with Gasteiger partial charge in [0.2, 0.25) is 0 Å². The molecule has 0 aromatic rings. The number of carbonyl (C=O) groups excluding carboxylic acids is 1. The Morgan fingerprint density at radius 1 is 1.67 bits per heavy atom. The molecule has 1 unspecified atom stereocenters. The van der Waals surface area contributed by atoms with Crippen LogP contribution in [0.2, 0.25) is 0 Å². The van der Waals surface area contributed by atoms with Crippen molar-refractivity contribution in [1.29, 1.82) is 0 Å². The Balaban J connectivity index is 0. The van der Waals surface area contributed by atoms with Crippen LogP contribution < -0.4 is 11.5 Å². The molecule has 0 rings (SSSR count). The van der Waals surface area contributed by atoms with E-state index in [0.717, 1.165) is 0 Å². The number of hydrogen-bond acceptors (Lipinski definition) is 3. The third-order valence-electron chi connectivity index (χ3n) is 0.264. The number of amides is 2. The third kappa shape index (κ3) is 137. The van der Waals surface area contributed by atoms with E-state index in [1.165, 1.54) is 6.92 Å². The molecule has 9 heavy (non-hydrogen) atoms. The Hall–Kier alpha value is -0.810. The average Bonchev–Trinajstić information content (AvgIpc) is 1.65. The highest BCUT2D eigenvalue weighted by Crippen LogP contribution is 1.68. The van der Waals surface area contributed by atoms with Crippen molar-refractivity contribution in [3.8, 4) is 0 Å². The molecule has 0 bridgehead atoms. The van der Waals surface area contributed by atoms with E-state index in [2.05, 4.69) is 11.5 Å². The van der Waals surface area contributed by atoms with Crippen LogP contribution in [0.25, 0.3) is 0 Å². The minimum atomic E-state index is -0.833. The van der Waals surface area contributed by atoms with Gasteiger partial charge in [-0.15, -0.1) is 0 Å². The van der Waals surface area contributed by atoms with Crippen LogP contribution in [0.1, 0.15) is 6.92 Å². The van der Waals surface area contributed by atoms with Gasteiger partial charge in [-0.3, -0.25) is 0 Å². The lowest BCUT2D eigenvalue weighted by Crippen LogP contribution is -2.18. The van der Waals surface area contributed by atoms with E-state index in [-0.39, 0.29) is 6.61 Å². The smallest absolute Gasteiger partial charge is 0.309 e. The van der Waals surface area contributed by atoms with Crippen LogP contribution in [0.15, 0.2) is 0 Å². The normalized spacial score (nSPS) is 11.0. The number of hydrogen-bond donors (Lipinski definition) is 4. The summed E-state index contributed by atoms with van der Waals surface area (Å²) in [5.41, 5.74) is 8.50. The van der Waals surface area contributed by atoms with Gasteiger partial charge in [-0.05, 0) is 6.92 Å². The molecule has 0 heterocycles. The quantitative estimate of drug-likeness (QED) is 0.348. The summed E-state index contributed by atoms with van der Waals surface area (Å²) >= 11 is 0. The maximum absolute atomic E-state index is 9.00. The number of aliphatic hydroxyl groups is 2. The van der Waals surface area contributed by atoms with E-state index in [1.54, 1.807) is 0 Å². The maximum atomic E-state index is 9.00. The third-order valence-corrected chi connectivity index (χ3v) is 0.264. The van der Waals surface area contributed by atoms with Crippen molar-refractivity contribution in [2.24, 2.45) is 11.5 Å². The first-order chi connectivity index (χ1) is 4.00. The fourth-order valence-corrected chi connectivity index (χ4v) is 0. The van der Waals surface area contributed by atoms with Crippen molar-refractivity contribution in [3.05, 3.63) is 0 Å². The number of nitrogens with two attached hydrogens (primary N) is 2. The molecule has 0 fully saturated rings. The summed E-state index contributed by atoms with van der Waals surface area (Å²) in [7, 11) is 0. The van der Waals surface area contributed by atoms with Gasteiger partial charge >= 0.3 is 6.03 Å². The van der Waals surface area contributed by atoms with Crippen LogP contribution >= 0.6 is 0 Å². The predicted octanol–water partition coefficient (Wildman–Crippen LogP) is -1.62. The molecule has 1 atom stereocenters. The number of aliphatic hydroxyl groups excluding tert-OH is 2. The molecule has 5 heteroatoms. The van der Waals surface area contributed by atoms with Gasteiger partial charge in [0.05, 0.1) is 12.7 Å². The van der Waals surface area contributed by atoms with E-state index in [0.29, 0.717) is 0 Å². The SMILES string of the molecule is CC(O)CO.NC(N)=O. The van der Waals surface area contributed by atoms with Crippen LogP contribution in [0.5, 0.6) is 0 Å². The summed E-state index contributed by atoms with van der Waals surface area (Å²) < 4.78 is 0. The molecule has 0 radical (unpaired) electrons. The topological polar surface area (TPSA) is 110 Å². The molecule has 0 aliphatic carbocycles. The fraction of sp³-hybridized carbons (Fsp3) is 0.750. The number of primary amides is 2. The van der Waals surface area contributed by atoms with Crippen molar-refractivity contribution in [2.45, 2.75) is 13.0 Å². The van der Waals surface area contributed by atoms with Crippen molar-refractivity contribution >= 4 is 6.03 Å². The minimum Gasteiger partial charge on any atom is -0.394 e. The monoisotopic (exact) mass is 136 g/mol. The molecule has 0 spiro atoms.